The van der Waals surface area contributed by atoms with Crippen LogP contribution in [0.3, 0.4) is 0 Å². The topological polar surface area (TPSA) is 64.4 Å². The number of amides is 1. The van der Waals surface area contributed by atoms with Gasteiger partial charge in [-0.25, -0.2) is 4.98 Å². The number of nitrogens with zero attached hydrogens (tertiary/aromatic N) is 1. The molecule has 1 fully saturated rings. The summed E-state index contributed by atoms with van der Waals surface area (Å²) in [7, 11) is 0. The third-order valence-electron chi connectivity index (χ3n) is 5.10. The van der Waals surface area contributed by atoms with Crippen LogP contribution in [0.25, 0.3) is 10.8 Å². The van der Waals surface area contributed by atoms with Gasteiger partial charge in [-0.15, -0.1) is 11.3 Å². The zero-order chi connectivity index (χ0) is 18.5. The summed E-state index contributed by atoms with van der Waals surface area (Å²) in [4.78, 5) is 17.0. The van der Waals surface area contributed by atoms with E-state index in [1.165, 1.54) is 11.3 Å². The maximum absolute atomic E-state index is 12.4. The van der Waals surface area contributed by atoms with Gasteiger partial charge in [0.25, 0.3) is 0 Å². The maximum atomic E-state index is 12.4. The van der Waals surface area contributed by atoms with E-state index in [-0.39, 0.29) is 18.1 Å². The van der Waals surface area contributed by atoms with Gasteiger partial charge in [0, 0.05) is 18.0 Å². The van der Waals surface area contributed by atoms with Crippen molar-refractivity contribution in [3.8, 4) is 10.8 Å². The Morgan fingerprint density at radius 2 is 2.19 bits per heavy atom. The summed E-state index contributed by atoms with van der Waals surface area (Å²) >= 11 is 1.51. The molecule has 3 heterocycles. The molecular formula is C20H28N2O3S. The third kappa shape index (κ3) is 4.74. The fourth-order valence-corrected chi connectivity index (χ4v) is 4.38. The van der Waals surface area contributed by atoms with Crippen molar-refractivity contribution in [1.29, 1.82) is 0 Å². The molecule has 0 spiro atoms. The van der Waals surface area contributed by atoms with Crippen LogP contribution in [-0.4, -0.2) is 29.6 Å². The number of hydrogen-bond donors (Lipinski definition) is 1. The number of thiazole rings is 1. The summed E-state index contributed by atoms with van der Waals surface area (Å²) in [5.41, 5.74) is 0.792. The van der Waals surface area contributed by atoms with Gasteiger partial charge in [0.2, 0.25) is 5.91 Å². The highest BCUT2D eigenvalue weighted by molar-refractivity contribution is 7.13. The maximum Gasteiger partial charge on any atom is 0.226 e. The lowest BCUT2D eigenvalue weighted by Crippen LogP contribution is -2.44. The number of carbonyl (C=O) groups excluding carboxylic acids is 1. The molecule has 1 N–H and O–H groups in total. The highest BCUT2D eigenvalue weighted by Crippen LogP contribution is 2.27. The lowest BCUT2D eigenvalue weighted by Gasteiger charge is -2.34. The van der Waals surface area contributed by atoms with Crippen LogP contribution in [0, 0.1) is 12.8 Å². The molecule has 2 aromatic heterocycles. The summed E-state index contributed by atoms with van der Waals surface area (Å²) < 4.78 is 11.5. The Kier molecular flexibility index (Phi) is 6.48. The summed E-state index contributed by atoms with van der Waals surface area (Å²) in [6, 6.07) is 4.04. The van der Waals surface area contributed by atoms with Crippen molar-refractivity contribution in [3.63, 3.8) is 0 Å². The first-order valence-corrected chi connectivity index (χ1v) is 10.4. The SMILES string of the molecule is CCC(CC)[C@@H]1C[C@@H](NC(=O)Cc2csc(-c3ccc(C)o3)n2)CCO1. The second-order valence-corrected chi connectivity index (χ2v) is 7.86. The van der Waals surface area contributed by atoms with Crippen LogP contribution in [-0.2, 0) is 16.0 Å². The van der Waals surface area contributed by atoms with E-state index in [0.29, 0.717) is 12.3 Å². The highest BCUT2D eigenvalue weighted by atomic mass is 32.1. The molecule has 2 aromatic rings. The van der Waals surface area contributed by atoms with Gasteiger partial charge >= 0.3 is 0 Å². The van der Waals surface area contributed by atoms with Crippen molar-refractivity contribution in [2.75, 3.05) is 6.61 Å². The minimum absolute atomic E-state index is 0.0349. The normalized spacial score (nSPS) is 20.5. The summed E-state index contributed by atoms with van der Waals surface area (Å²) in [6.45, 7) is 7.05. The van der Waals surface area contributed by atoms with E-state index in [2.05, 4.69) is 24.1 Å². The molecule has 0 saturated carbocycles. The van der Waals surface area contributed by atoms with Gasteiger partial charge in [-0.2, -0.15) is 0 Å². The Labute approximate surface area is 159 Å². The molecule has 1 saturated heterocycles. The third-order valence-corrected chi connectivity index (χ3v) is 6.00. The summed E-state index contributed by atoms with van der Waals surface area (Å²) in [6.07, 6.45) is 4.61. The number of nitrogens with one attached hydrogen (secondary N) is 1. The number of aryl methyl sites for hydroxylation is 1. The quantitative estimate of drug-likeness (QED) is 0.780. The Bertz CT molecular complexity index is 720. The first-order valence-electron chi connectivity index (χ1n) is 9.51. The zero-order valence-electron chi connectivity index (χ0n) is 15.8. The van der Waals surface area contributed by atoms with Gasteiger partial charge < -0.3 is 14.5 Å². The molecule has 6 heteroatoms. The second kappa shape index (κ2) is 8.82. The predicted octanol–water partition coefficient (Wildman–Crippen LogP) is 4.35. The van der Waals surface area contributed by atoms with Gasteiger partial charge in [-0.05, 0) is 37.8 Å². The number of aromatic nitrogens is 1. The van der Waals surface area contributed by atoms with Gasteiger partial charge in [0.1, 0.15) is 5.76 Å². The molecule has 0 bridgehead atoms. The molecule has 1 aliphatic heterocycles. The van der Waals surface area contributed by atoms with Crippen LogP contribution >= 0.6 is 11.3 Å². The number of rotatable bonds is 7. The van der Waals surface area contributed by atoms with Crippen molar-refractivity contribution in [2.45, 2.75) is 65.0 Å². The Morgan fingerprint density at radius 3 is 2.88 bits per heavy atom. The number of hydrogen-bond acceptors (Lipinski definition) is 5. The number of carbonyl (C=O) groups is 1. The van der Waals surface area contributed by atoms with Gasteiger partial charge in [0.15, 0.2) is 10.8 Å². The molecule has 0 aromatic carbocycles. The molecular weight excluding hydrogens is 348 g/mol. The van der Waals surface area contributed by atoms with E-state index in [9.17, 15) is 4.79 Å². The van der Waals surface area contributed by atoms with Crippen molar-refractivity contribution < 1.29 is 13.9 Å². The van der Waals surface area contributed by atoms with E-state index >= 15 is 0 Å². The Morgan fingerprint density at radius 1 is 1.38 bits per heavy atom. The molecule has 5 nitrogen and oxygen atoms in total. The first kappa shape index (κ1) is 19.1. The highest BCUT2D eigenvalue weighted by Gasteiger charge is 2.28. The van der Waals surface area contributed by atoms with Crippen molar-refractivity contribution >= 4 is 17.2 Å². The summed E-state index contributed by atoms with van der Waals surface area (Å²) in [5, 5.41) is 5.93. The van der Waals surface area contributed by atoms with Gasteiger partial charge in [-0.1, -0.05) is 26.7 Å². The lowest BCUT2D eigenvalue weighted by molar-refractivity contribution is -0.122. The van der Waals surface area contributed by atoms with Gasteiger partial charge in [-0.3, -0.25) is 4.79 Å². The van der Waals surface area contributed by atoms with E-state index in [1.807, 2.05) is 24.4 Å². The van der Waals surface area contributed by atoms with Crippen molar-refractivity contribution in [1.82, 2.24) is 10.3 Å². The van der Waals surface area contributed by atoms with Crippen LogP contribution in [0.5, 0.6) is 0 Å². The molecule has 26 heavy (non-hydrogen) atoms. The lowest BCUT2D eigenvalue weighted by atomic mass is 9.89. The van der Waals surface area contributed by atoms with E-state index in [1.54, 1.807) is 0 Å². The van der Waals surface area contributed by atoms with Crippen LogP contribution in [0.1, 0.15) is 51.0 Å². The second-order valence-electron chi connectivity index (χ2n) is 7.01. The molecule has 1 amide bonds. The van der Waals surface area contributed by atoms with E-state index in [0.717, 1.165) is 54.5 Å². The van der Waals surface area contributed by atoms with Crippen LogP contribution in [0.15, 0.2) is 21.9 Å². The van der Waals surface area contributed by atoms with Crippen LogP contribution in [0.4, 0.5) is 0 Å². The first-order chi connectivity index (χ1) is 12.6. The van der Waals surface area contributed by atoms with Gasteiger partial charge in [0.05, 0.1) is 18.2 Å². The Hall–Kier alpha value is -1.66. The average Bonchev–Trinajstić information content (AvgIpc) is 3.25. The predicted molar refractivity (Wildman–Crippen MR) is 103 cm³/mol. The minimum Gasteiger partial charge on any atom is -0.459 e. The van der Waals surface area contributed by atoms with Crippen molar-refractivity contribution in [2.24, 2.45) is 5.92 Å². The molecule has 1 aliphatic rings. The zero-order valence-corrected chi connectivity index (χ0v) is 16.6. The van der Waals surface area contributed by atoms with Crippen LogP contribution < -0.4 is 5.32 Å². The minimum atomic E-state index is 0.0349. The monoisotopic (exact) mass is 376 g/mol. The largest absolute Gasteiger partial charge is 0.459 e. The molecule has 0 aliphatic carbocycles. The molecule has 142 valence electrons. The Balaban J connectivity index is 1.53. The average molecular weight is 377 g/mol. The summed E-state index contributed by atoms with van der Waals surface area (Å²) in [5.74, 6) is 2.23. The van der Waals surface area contributed by atoms with E-state index < -0.39 is 0 Å². The standard InChI is InChI=1S/C20H28N2O3S/c1-4-14(5-2)18-10-15(8-9-24-18)21-19(23)11-16-12-26-20(22-16)17-7-6-13(3)25-17/h6-7,12,14-15,18H,4-5,8-11H2,1-3H3,(H,21,23)/t15-,18-/m0/s1. The van der Waals surface area contributed by atoms with E-state index in [4.69, 9.17) is 9.15 Å². The molecule has 3 rings (SSSR count). The van der Waals surface area contributed by atoms with Crippen LogP contribution in [0.2, 0.25) is 0 Å². The molecule has 2 atom stereocenters. The number of furan rings is 1. The smallest absolute Gasteiger partial charge is 0.226 e. The molecule has 0 radical (unpaired) electrons. The molecule has 0 unspecified atom stereocenters. The fourth-order valence-electron chi connectivity index (χ4n) is 3.60. The van der Waals surface area contributed by atoms with Crippen molar-refractivity contribution in [3.05, 3.63) is 29.0 Å². The number of ether oxygens (including phenoxy) is 1. The fraction of sp³-hybridized carbons (Fsp3) is 0.600.